The van der Waals surface area contributed by atoms with Crippen molar-refractivity contribution in [3.8, 4) is 17.0 Å². The number of methoxy groups -OCH3 is 1. The van der Waals surface area contributed by atoms with Gasteiger partial charge in [0.05, 0.1) is 19.3 Å². The number of nitrogens with zero attached hydrogens (tertiary/aromatic N) is 4. The number of hydrogen-bond donors (Lipinski definition) is 1. The van der Waals surface area contributed by atoms with E-state index in [2.05, 4.69) is 34.2 Å². The second-order valence-corrected chi connectivity index (χ2v) is 15.6. The number of nitrogens with one attached hydrogen (secondary N) is 1. The summed E-state index contributed by atoms with van der Waals surface area (Å²) in [5, 5.41) is 1.03. The summed E-state index contributed by atoms with van der Waals surface area (Å²) in [6.07, 6.45) is 9.82. The number of amides is 2. The molecule has 1 N–H and O–H groups in total. The van der Waals surface area contributed by atoms with Gasteiger partial charge in [-0.3, -0.25) is 14.5 Å². The topological polar surface area (TPSA) is 104 Å². The van der Waals surface area contributed by atoms with Crippen LogP contribution in [0.2, 0.25) is 0 Å². The van der Waals surface area contributed by atoms with Crippen LogP contribution in [0.3, 0.4) is 0 Å². The lowest BCUT2D eigenvalue weighted by molar-refractivity contribution is -0.126. The molecule has 3 aromatic rings. The molecule has 10 nitrogen and oxygen atoms in total. The summed E-state index contributed by atoms with van der Waals surface area (Å²) in [6.45, 7) is 3.18. The summed E-state index contributed by atoms with van der Waals surface area (Å²) in [4.78, 5) is 31.8. The minimum absolute atomic E-state index is 0.0355. The van der Waals surface area contributed by atoms with Crippen molar-refractivity contribution in [3.05, 3.63) is 58.7 Å². The first-order valence-corrected chi connectivity index (χ1v) is 18.1. The fourth-order valence-electron chi connectivity index (χ4n) is 7.64. The highest BCUT2D eigenvalue weighted by molar-refractivity contribution is 7.87. The Hall–Kier alpha value is -3.67. The van der Waals surface area contributed by atoms with Gasteiger partial charge in [0, 0.05) is 67.4 Å². The van der Waals surface area contributed by atoms with Gasteiger partial charge >= 0.3 is 10.2 Å². The van der Waals surface area contributed by atoms with Crippen LogP contribution in [0.4, 0.5) is 0 Å². The Bertz CT molecular complexity index is 1840. The predicted molar refractivity (Wildman–Crippen MR) is 186 cm³/mol. The Kier molecular flexibility index (Phi) is 9.26. The number of likely N-dealkylation sites (N-methyl/N-ethyl adjacent to an activating group) is 2. The molecule has 6 rings (SSSR count). The molecule has 2 amide bonds. The lowest BCUT2D eigenvalue weighted by Crippen LogP contribution is -2.42. The second kappa shape index (κ2) is 13.1. The van der Waals surface area contributed by atoms with Crippen molar-refractivity contribution in [1.82, 2.24) is 23.4 Å². The minimum Gasteiger partial charge on any atom is -0.497 e. The van der Waals surface area contributed by atoms with Crippen LogP contribution in [-0.2, 0) is 21.5 Å². The maximum atomic E-state index is 14.3. The quantitative estimate of drug-likeness (QED) is 0.354. The maximum Gasteiger partial charge on any atom is 0.303 e. The highest BCUT2D eigenvalue weighted by Crippen LogP contribution is 2.47. The molecule has 2 aromatic carbocycles. The molecule has 1 aromatic heterocycles. The number of ether oxygens (including phenoxy) is 1. The molecule has 3 heterocycles. The van der Waals surface area contributed by atoms with Crippen LogP contribution >= 0.6 is 0 Å². The van der Waals surface area contributed by atoms with E-state index in [1.165, 1.54) is 26.1 Å². The average Bonchev–Trinajstić information content (AvgIpc) is 3.48. The monoisotopic (exact) mass is 661 g/mol. The van der Waals surface area contributed by atoms with Gasteiger partial charge < -0.3 is 14.2 Å². The van der Waals surface area contributed by atoms with Crippen LogP contribution in [0, 0.1) is 0 Å². The zero-order valence-electron chi connectivity index (χ0n) is 28.4. The zero-order chi connectivity index (χ0) is 33.6. The Labute approximate surface area is 278 Å². The molecule has 0 spiro atoms. The average molecular weight is 662 g/mol. The molecular formula is C36H47N5O5S. The summed E-state index contributed by atoms with van der Waals surface area (Å²) in [6, 6.07) is 12.3. The van der Waals surface area contributed by atoms with Crippen molar-refractivity contribution in [2.24, 2.45) is 0 Å². The number of carbonyl (C=O) groups excluding carboxylic acids is 2. The minimum atomic E-state index is -3.98. The van der Waals surface area contributed by atoms with Gasteiger partial charge in [0.2, 0.25) is 0 Å². The van der Waals surface area contributed by atoms with E-state index in [1.54, 1.807) is 19.2 Å². The zero-order valence-corrected chi connectivity index (χ0v) is 29.2. The number of benzene rings is 2. The van der Waals surface area contributed by atoms with E-state index in [4.69, 9.17) is 4.74 Å². The Morgan fingerprint density at radius 1 is 1.00 bits per heavy atom. The summed E-state index contributed by atoms with van der Waals surface area (Å²) >= 11 is 0. The lowest BCUT2D eigenvalue weighted by atomic mass is 9.81. The molecule has 0 radical (unpaired) electrons. The predicted octanol–water partition coefficient (Wildman–Crippen LogP) is 5.24. The van der Waals surface area contributed by atoms with Crippen molar-refractivity contribution in [2.75, 3.05) is 41.8 Å². The molecule has 2 aliphatic heterocycles. The van der Waals surface area contributed by atoms with Gasteiger partial charge in [-0.1, -0.05) is 25.3 Å². The van der Waals surface area contributed by atoms with Crippen molar-refractivity contribution in [3.63, 3.8) is 0 Å². The summed E-state index contributed by atoms with van der Waals surface area (Å²) in [7, 11) is 4.44. The van der Waals surface area contributed by atoms with Gasteiger partial charge in [0.15, 0.2) is 0 Å². The van der Waals surface area contributed by atoms with Crippen LogP contribution in [0.1, 0.15) is 79.3 Å². The van der Waals surface area contributed by atoms with Crippen molar-refractivity contribution in [1.29, 1.82) is 0 Å². The van der Waals surface area contributed by atoms with Crippen LogP contribution in [0.15, 0.2) is 42.0 Å². The Morgan fingerprint density at radius 3 is 2.40 bits per heavy atom. The van der Waals surface area contributed by atoms with E-state index in [-0.39, 0.29) is 11.5 Å². The van der Waals surface area contributed by atoms with Crippen LogP contribution < -0.4 is 9.46 Å². The highest BCUT2D eigenvalue weighted by atomic mass is 32.2. The maximum absolute atomic E-state index is 14.3. The molecule has 3 aliphatic rings. The van der Waals surface area contributed by atoms with Gasteiger partial charge in [-0.15, -0.1) is 0 Å². The molecule has 1 aliphatic carbocycles. The van der Waals surface area contributed by atoms with Crippen molar-refractivity contribution in [2.45, 2.75) is 76.4 Å². The third-order valence-corrected chi connectivity index (χ3v) is 12.0. The number of rotatable bonds is 8. The summed E-state index contributed by atoms with van der Waals surface area (Å²) in [5.74, 6) is 0.305. The number of fused-ring (bicyclic) bond motifs is 5. The summed E-state index contributed by atoms with van der Waals surface area (Å²) in [5.41, 5.74) is 5.91. The Balaban J connectivity index is 1.50. The third-order valence-electron chi connectivity index (χ3n) is 10.5. The molecule has 252 valence electrons. The summed E-state index contributed by atoms with van der Waals surface area (Å²) < 4.78 is 36.0. The van der Waals surface area contributed by atoms with E-state index >= 15 is 0 Å². The van der Waals surface area contributed by atoms with Gasteiger partial charge in [-0.05, 0) is 93.1 Å². The largest absolute Gasteiger partial charge is 0.497 e. The van der Waals surface area contributed by atoms with Crippen LogP contribution in [0.5, 0.6) is 5.75 Å². The molecule has 1 saturated carbocycles. The Morgan fingerprint density at radius 2 is 1.74 bits per heavy atom. The number of aromatic nitrogens is 1. The first-order valence-electron chi connectivity index (χ1n) is 16.7. The first-order chi connectivity index (χ1) is 22.4. The number of hydrogen-bond acceptors (Lipinski definition) is 6. The van der Waals surface area contributed by atoms with Gasteiger partial charge in [0.1, 0.15) is 5.75 Å². The third kappa shape index (κ3) is 6.33. The first kappa shape index (κ1) is 33.2. The van der Waals surface area contributed by atoms with Crippen LogP contribution in [0.25, 0.3) is 28.2 Å². The van der Waals surface area contributed by atoms with Crippen molar-refractivity contribution >= 4 is 39.0 Å². The molecule has 2 atom stereocenters. The molecule has 0 bridgehead atoms. The van der Waals surface area contributed by atoms with Gasteiger partial charge in [-0.25, -0.2) is 4.72 Å². The van der Waals surface area contributed by atoms with E-state index < -0.39 is 16.1 Å². The van der Waals surface area contributed by atoms with E-state index in [9.17, 15) is 18.0 Å². The number of carbonyl (C=O) groups is 2. The normalized spacial score (nSPS) is 20.4. The standard InChI is InChI=1S/C36H47N5O5S/c1-23-12-14-28(40(23)5)22-39(4)36(43)27-18-26-19-29(46-6)15-17-30(26)34-33(24-10-8-7-9-11-24)31-16-13-25(20-32(31)41(34)21-27)35(42)37-47(44,45)38(2)3/h13,15-20,23-24,28H,7-12,14,21-22H2,1-6H3,(H,37,42). The SMILES string of the molecule is COc1ccc2c(c1)C=C(C(=O)N(C)CC1CCC(C)N1C)Cn1c-2c(C2CCCCC2)c2ccc(C(=O)NS(=O)(=O)N(C)C)cc21. The molecule has 1 saturated heterocycles. The van der Waals surface area contributed by atoms with Gasteiger partial charge in [-0.2, -0.15) is 12.7 Å². The van der Waals surface area contributed by atoms with E-state index in [0.29, 0.717) is 42.4 Å². The molecule has 2 fully saturated rings. The molecular weight excluding hydrogens is 614 g/mol. The number of likely N-dealkylation sites (tertiary alicyclic amines) is 1. The second-order valence-electron chi connectivity index (χ2n) is 13.7. The molecule has 2 unspecified atom stereocenters. The van der Waals surface area contributed by atoms with E-state index in [1.807, 2.05) is 36.2 Å². The molecule has 47 heavy (non-hydrogen) atoms. The fourth-order valence-corrected chi connectivity index (χ4v) is 8.18. The smallest absolute Gasteiger partial charge is 0.303 e. The lowest BCUT2D eigenvalue weighted by Gasteiger charge is -2.28. The van der Waals surface area contributed by atoms with Crippen molar-refractivity contribution < 1.29 is 22.7 Å². The van der Waals surface area contributed by atoms with Crippen LogP contribution in [-0.4, -0.2) is 92.8 Å². The fraction of sp³-hybridized carbons (Fsp3) is 0.500. The van der Waals surface area contributed by atoms with E-state index in [0.717, 1.165) is 70.6 Å². The molecule has 11 heteroatoms. The van der Waals surface area contributed by atoms with Gasteiger partial charge in [0.25, 0.3) is 11.8 Å². The highest BCUT2D eigenvalue weighted by Gasteiger charge is 2.33.